The van der Waals surface area contributed by atoms with Crippen molar-refractivity contribution in [1.29, 1.82) is 0 Å². The Balaban J connectivity index is 1.91. The molecule has 2 aromatic carbocycles. The molecule has 0 bridgehead atoms. The van der Waals surface area contributed by atoms with Crippen LogP contribution >= 0.6 is 23.1 Å². The summed E-state index contributed by atoms with van der Waals surface area (Å²) in [7, 11) is 3.07. The van der Waals surface area contributed by atoms with E-state index in [4.69, 9.17) is 20.2 Å². The van der Waals surface area contributed by atoms with Crippen LogP contribution in [0.4, 0.5) is 5.13 Å². The quantitative estimate of drug-likeness (QED) is 0.468. The van der Waals surface area contributed by atoms with Gasteiger partial charge in [-0.3, -0.25) is 9.36 Å². The van der Waals surface area contributed by atoms with Crippen LogP contribution in [0, 0.1) is 0 Å². The van der Waals surface area contributed by atoms with Gasteiger partial charge in [0.05, 0.1) is 31.7 Å². The number of ether oxygens (including phenoxy) is 2. The molecule has 0 atom stereocenters. The number of nitrogens with zero attached hydrogens (tertiary/aromatic N) is 4. The Morgan fingerprint density at radius 2 is 1.83 bits per heavy atom. The predicted molar refractivity (Wildman–Crippen MR) is 113 cm³/mol. The molecular weight excluding hydrogens is 410 g/mol. The Bertz CT molecular complexity index is 1220. The van der Waals surface area contributed by atoms with Crippen LogP contribution in [-0.2, 0) is 6.54 Å². The van der Waals surface area contributed by atoms with Crippen LogP contribution in [0.5, 0.6) is 11.5 Å². The van der Waals surface area contributed by atoms with E-state index in [1.165, 1.54) is 30.2 Å². The molecule has 4 rings (SSSR count). The lowest BCUT2D eigenvalue weighted by Gasteiger charge is -2.14. The van der Waals surface area contributed by atoms with Crippen molar-refractivity contribution >= 4 is 39.1 Å². The molecule has 2 heterocycles. The smallest absolute Gasteiger partial charge is 0.262 e. The van der Waals surface area contributed by atoms with Gasteiger partial charge in [0, 0.05) is 6.07 Å². The van der Waals surface area contributed by atoms with E-state index >= 15 is 0 Å². The second kappa shape index (κ2) is 8.10. The van der Waals surface area contributed by atoms with Crippen LogP contribution in [0.1, 0.15) is 5.56 Å². The summed E-state index contributed by atoms with van der Waals surface area (Å²) in [6.07, 6.45) is 0. The van der Waals surface area contributed by atoms with Crippen LogP contribution in [0.2, 0.25) is 0 Å². The topological polar surface area (TPSA) is 105 Å². The zero-order valence-corrected chi connectivity index (χ0v) is 17.3. The maximum atomic E-state index is 13.4. The monoisotopic (exact) mass is 427 g/mol. The molecular formula is C19H17N5O3S2. The fourth-order valence-corrected chi connectivity index (χ4v) is 4.48. The third kappa shape index (κ3) is 3.89. The van der Waals surface area contributed by atoms with Crippen molar-refractivity contribution < 1.29 is 9.47 Å². The number of hydrogen-bond acceptors (Lipinski definition) is 9. The fourth-order valence-electron chi connectivity index (χ4n) is 2.85. The van der Waals surface area contributed by atoms with Gasteiger partial charge in [0.1, 0.15) is 0 Å². The normalized spacial score (nSPS) is 11.0. The van der Waals surface area contributed by atoms with Gasteiger partial charge in [0.2, 0.25) is 5.13 Å². The Kier molecular flexibility index (Phi) is 5.36. The summed E-state index contributed by atoms with van der Waals surface area (Å²) in [5.41, 5.74) is 7.01. The number of nitrogens with two attached hydrogens (primary N) is 1. The van der Waals surface area contributed by atoms with Gasteiger partial charge in [0.15, 0.2) is 21.0 Å². The highest BCUT2D eigenvalue weighted by Gasteiger charge is 2.17. The molecule has 148 valence electrons. The number of methoxy groups -OCH3 is 2. The zero-order chi connectivity index (χ0) is 20.4. The minimum Gasteiger partial charge on any atom is -0.493 e. The molecule has 0 radical (unpaired) electrons. The van der Waals surface area contributed by atoms with E-state index < -0.39 is 0 Å². The minimum absolute atomic E-state index is 0.181. The van der Waals surface area contributed by atoms with Crippen molar-refractivity contribution in [2.45, 2.75) is 16.0 Å². The van der Waals surface area contributed by atoms with E-state index in [0.717, 1.165) is 5.56 Å². The first-order chi connectivity index (χ1) is 14.1. The van der Waals surface area contributed by atoms with E-state index in [1.54, 1.807) is 23.8 Å². The summed E-state index contributed by atoms with van der Waals surface area (Å²) < 4.78 is 12.9. The summed E-state index contributed by atoms with van der Waals surface area (Å²) in [6.45, 7) is 0.369. The van der Waals surface area contributed by atoms with Crippen molar-refractivity contribution in [3.05, 3.63) is 58.4 Å². The van der Waals surface area contributed by atoms with Crippen LogP contribution in [0.25, 0.3) is 10.9 Å². The summed E-state index contributed by atoms with van der Waals surface area (Å²) in [4.78, 5) is 18.1. The molecule has 2 N–H and O–H groups in total. The predicted octanol–water partition coefficient (Wildman–Crippen LogP) is 3.05. The standard InChI is InChI=1S/C19H17N5O3S2/c1-26-14-8-12-13(9-15(14)27-2)21-18(29-19-23-22-17(20)28-19)24(16(12)25)10-11-6-4-3-5-7-11/h3-9H,10H2,1-2H3,(H2,20,22). The van der Waals surface area contributed by atoms with Crippen LogP contribution < -0.4 is 20.8 Å². The van der Waals surface area contributed by atoms with Gasteiger partial charge in [-0.2, -0.15) is 0 Å². The summed E-state index contributed by atoms with van der Waals surface area (Å²) in [6, 6.07) is 13.1. The molecule has 0 aliphatic heterocycles. The second-order valence-electron chi connectivity index (χ2n) is 6.00. The third-order valence-electron chi connectivity index (χ3n) is 4.21. The second-order valence-corrected chi connectivity index (χ2v) is 8.23. The fraction of sp³-hybridized carbons (Fsp3) is 0.158. The van der Waals surface area contributed by atoms with E-state index in [1.807, 2.05) is 30.3 Å². The van der Waals surface area contributed by atoms with Crippen LogP contribution in [-0.4, -0.2) is 34.0 Å². The first kappa shape index (κ1) is 19.2. The Morgan fingerprint density at radius 1 is 1.10 bits per heavy atom. The molecule has 0 fully saturated rings. The van der Waals surface area contributed by atoms with Crippen LogP contribution in [0.15, 0.2) is 56.8 Å². The highest BCUT2D eigenvalue weighted by Crippen LogP contribution is 2.33. The van der Waals surface area contributed by atoms with Gasteiger partial charge in [-0.25, -0.2) is 4.98 Å². The number of hydrogen-bond donors (Lipinski definition) is 1. The molecule has 0 aliphatic rings. The Labute approximate surface area is 174 Å². The van der Waals surface area contributed by atoms with Gasteiger partial charge < -0.3 is 15.2 Å². The Hall–Kier alpha value is -3.11. The van der Waals surface area contributed by atoms with Crippen molar-refractivity contribution in [2.75, 3.05) is 20.0 Å². The molecule has 4 aromatic rings. The Morgan fingerprint density at radius 3 is 2.48 bits per heavy atom. The summed E-state index contributed by atoms with van der Waals surface area (Å²) in [5, 5.41) is 9.17. The number of fused-ring (bicyclic) bond motifs is 1. The highest BCUT2D eigenvalue weighted by molar-refractivity contribution is 8.00. The lowest BCUT2D eigenvalue weighted by atomic mass is 10.2. The molecule has 10 heteroatoms. The van der Waals surface area contributed by atoms with E-state index in [0.29, 0.717) is 43.6 Å². The average molecular weight is 428 g/mol. The van der Waals surface area contributed by atoms with Crippen molar-refractivity contribution in [2.24, 2.45) is 0 Å². The molecule has 0 saturated carbocycles. The maximum absolute atomic E-state index is 13.4. The highest BCUT2D eigenvalue weighted by atomic mass is 32.2. The lowest BCUT2D eigenvalue weighted by molar-refractivity contribution is 0.355. The third-order valence-corrected chi connectivity index (χ3v) is 6.01. The zero-order valence-electron chi connectivity index (χ0n) is 15.7. The minimum atomic E-state index is -0.181. The molecule has 0 saturated heterocycles. The van der Waals surface area contributed by atoms with Crippen molar-refractivity contribution in [3.63, 3.8) is 0 Å². The van der Waals surface area contributed by atoms with Gasteiger partial charge >= 0.3 is 0 Å². The number of rotatable bonds is 6. The van der Waals surface area contributed by atoms with E-state index in [9.17, 15) is 4.79 Å². The lowest BCUT2D eigenvalue weighted by Crippen LogP contribution is -2.24. The first-order valence-corrected chi connectivity index (χ1v) is 10.2. The molecule has 0 aliphatic carbocycles. The number of benzene rings is 2. The van der Waals surface area contributed by atoms with Gasteiger partial charge in [-0.15, -0.1) is 10.2 Å². The molecule has 0 spiro atoms. The van der Waals surface area contributed by atoms with Gasteiger partial charge in [-0.1, -0.05) is 41.7 Å². The van der Waals surface area contributed by atoms with E-state index in [2.05, 4.69) is 10.2 Å². The molecule has 0 unspecified atom stereocenters. The van der Waals surface area contributed by atoms with Crippen molar-refractivity contribution in [3.8, 4) is 11.5 Å². The molecule has 0 amide bonds. The van der Waals surface area contributed by atoms with Gasteiger partial charge in [-0.05, 0) is 23.4 Å². The maximum Gasteiger partial charge on any atom is 0.262 e. The largest absolute Gasteiger partial charge is 0.493 e. The van der Waals surface area contributed by atoms with Crippen molar-refractivity contribution in [1.82, 2.24) is 19.7 Å². The summed E-state index contributed by atoms with van der Waals surface area (Å²) >= 11 is 2.49. The van der Waals surface area contributed by atoms with Crippen LogP contribution in [0.3, 0.4) is 0 Å². The summed E-state index contributed by atoms with van der Waals surface area (Å²) in [5.74, 6) is 0.978. The SMILES string of the molecule is COc1cc2nc(Sc3nnc(N)s3)n(Cc3ccccc3)c(=O)c2cc1OC. The number of nitrogen functional groups attached to an aromatic ring is 1. The van der Waals surface area contributed by atoms with E-state index in [-0.39, 0.29) is 5.56 Å². The molecule has 2 aromatic heterocycles. The average Bonchev–Trinajstić information content (AvgIpc) is 3.15. The molecule has 8 nitrogen and oxygen atoms in total. The number of aromatic nitrogens is 4. The first-order valence-electron chi connectivity index (χ1n) is 8.56. The van der Waals surface area contributed by atoms with Gasteiger partial charge in [0.25, 0.3) is 5.56 Å². The molecule has 29 heavy (non-hydrogen) atoms. The number of anilines is 1.